The minimum atomic E-state index is 0.0348. The fraction of sp³-hybridized carbons (Fsp3) is 0.429. The van der Waals surface area contributed by atoms with Crippen molar-refractivity contribution in [3.05, 3.63) is 42.0 Å². The van der Waals surface area contributed by atoms with E-state index in [2.05, 4.69) is 59.9 Å². The molecule has 3 N–H and O–H groups in total. The molecule has 0 fully saturated rings. The highest BCUT2D eigenvalue weighted by Crippen LogP contribution is 2.21. The molecular weight excluding hydrogens is 270 g/mol. The van der Waals surface area contributed by atoms with Crippen LogP contribution in [-0.2, 0) is 6.42 Å². The number of benzene rings is 1. The van der Waals surface area contributed by atoms with Crippen LogP contribution in [0, 0.1) is 0 Å². The summed E-state index contributed by atoms with van der Waals surface area (Å²) in [5.41, 5.74) is 4.03. The second-order valence-electron chi connectivity index (χ2n) is 4.91. The Hall–Kier alpha value is -1.37. The predicted octanol–water partition coefficient (Wildman–Crippen LogP) is 2.33. The summed E-state index contributed by atoms with van der Waals surface area (Å²) in [4.78, 5) is 5.58. The van der Waals surface area contributed by atoms with Crippen molar-refractivity contribution in [2.75, 3.05) is 6.26 Å². The second kappa shape index (κ2) is 6.88. The first-order valence-corrected chi connectivity index (χ1v) is 7.86. The summed E-state index contributed by atoms with van der Waals surface area (Å²) >= 11 is 1.73. The fourth-order valence-corrected chi connectivity index (χ4v) is 2.55. The van der Waals surface area contributed by atoms with Gasteiger partial charge in [0.1, 0.15) is 12.2 Å². The minimum absolute atomic E-state index is 0.0348. The molecule has 0 bridgehead atoms. The van der Waals surface area contributed by atoms with E-state index in [1.165, 1.54) is 4.90 Å². The maximum absolute atomic E-state index is 5.71. The van der Waals surface area contributed by atoms with E-state index in [-0.39, 0.29) is 6.04 Å². The Labute approximate surface area is 123 Å². The molecule has 1 aromatic carbocycles. The van der Waals surface area contributed by atoms with Gasteiger partial charge in [-0.15, -0.1) is 11.8 Å². The molecule has 2 rings (SSSR count). The highest BCUT2D eigenvalue weighted by atomic mass is 32.2. The van der Waals surface area contributed by atoms with Gasteiger partial charge in [0, 0.05) is 17.4 Å². The average Bonchev–Trinajstić information content (AvgIpc) is 2.93. The maximum Gasteiger partial charge on any atom is 0.138 e. The first kappa shape index (κ1) is 15.0. The van der Waals surface area contributed by atoms with Gasteiger partial charge in [-0.25, -0.2) is 9.67 Å². The zero-order valence-corrected chi connectivity index (χ0v) is 12.9. The van der Waals surface area contributed by atoms with E-state index in [4.69, 9.17) is 5.84 Å². The molecule has 0 spiro atoms. The Morgan fingerprint density at radius 2 is 2.00 bits per heavy atom. The Morgan fingerprint density at radius 1 is 1.30 bits per heavy atom. The van der Waals surface area contributed by atoms with E-state index >= 15 is 0 Å². The topological polar surface area (TPSA) is 68.8 Å². The molecule has 0 saturated heterocycles. The lowest BCUT2D eigenvalue weighted by atomic mass is 10.0. The lowest BCUT2D eigenvalue weighted by Gasteiger charge is -2.17. The molecule has 0 amide bonds. The number of hydrazine groups is 1. The van der Waals surface area contributed by atoms with Crippen LogP contribution in [0.15, 0.2) is 35.5 Å². The maximum atomic E-state index is 5.71. The van der Waals surface area contributed by atoms with Crippen molar-refractivity contribution < 1.29 is 0 Å². The van der Waals surface area contributed by atoms with Gasteiger partial charge in [-0.2, -0.15) is 5.10 Å². The Morgan fingerprint density at radius 3 is 2.55 bits per heavy atom. The van der Waals surface area contributed by atoms with Crippen molar-refractivity contribution in [3.63, 3.8) is 0 Å². The van der Waals surface area contributed by atoms with Crippen LogP contribution in [0.1, 0.15) is 37.3 Å². The SMILES string of the molecule is CSc1ccc(C(Cc2ncnn2C(C)C)NN)cc1. The normalized spacial score (nSPS) is 12.8. The van der Waals surface area contributed by atoms with Gasteiger partial charge in [0.15, 0.2) is 0 Å². The molecule has 0 saturated carbocycles. The number of nitrogens with two attached hydrogens (primary N) is 1. The van der Waals surface area contributed by atoms with Gasteiger partial charge >= 0.3 is 0 Å². The third-order valence-corrected chi connectivity index (χ3v) is 3.99. The zero-order valence-electron chi connectivity index (χ0n) is 12.1. The molecule has 0 aliphatic carbocycles. The average molecular weight is 291 g/mol. The molecule has 20 heavy (non-hydrogen) atoms. The van der Waals surface area contributed by atoms with Crippen molar-refractivity contribution in [1.82, 2.24) is 20.2 Å². The monoisotopic (exact) mass is 291 g/mol. The molecule has 1 atom stereocenters. The third kappa shape index (κ3) is 3.39. The van der Waals surface area contributed by atoms with E-state index in [1.54, 1.807) is 18.1 Å². The molecule has 1 unspecified atom stereocenters. The van der Waals surface area contributed by atoms with Gasteiger partial charge in [-0.3, -0.25) is 11.3 Å². The Balaban J connectivity index is 2.17. The van der Waals surface area contributed by atoms with E-state index in [0.29, 0.717) is 12.5 Å². The van der Waals surface area contributed by atoms with E-state index in [0.717, 1.165) is 11.4 Å². The Kier molecular flexibility index (Phi) is 5.17. The zero-order chi connectivity index (χ0) is 14.5. The molecule has 1 heterocycles. The number of aromatic nitrogens is 3. The van der Waals surface area contributed by atoms with Gasteiger partial charge in [0.25, 0.3) is 0 Å². The molecule has 0 radical (unpaired) electrons. The molecule has 108 valence electrons. The van der Waals surface area contributed by atoms with Gasteiger partial charge in [-0.1, -0.05) is 12.1 Å². The molecule has 2 aromatic rings. The molecular formula is C14H21N5S. The summed E-state index contributed by atoms with van der Waals surface area (Å²) in [7, 11) is 0. The molecule has 0 aliphatic heterocycles. The van der Waals surface area contributed by atoms with Gasteiger partial charge in [-0.05, 0) is 37.8 Å². The van der Waals surface area contributed by atoms with Crippen molar-refractivity contribution in [1.29, 1.82) is 0 Å². The van der Waals surface area contributed by atoms with Crippen LogP contribution in [0.25, 0.3) is 0 Å². The Bertz CT molecular complexity index is 535. The van der Waals surface area contributed by atoms with Crippen LogP contribution in [0.4, 0.5) is 0 Å². The van der Waals surface area contributed by atoms with E-state index in [1.807, 2.05) is 4.68 Å². The molecule has 0 aliphatic rings. The standard InChI is InChI=1S/C14H21N5S/c1-10(2)19-14(16-9-17-19)8-13(18-15)11-4-6-12(20-3)7-5-11/h4-7,9-10,13,18H,8,15H2,1-3H3. The largest absolute Gasteiger partial charge is 0.271 e. The van der Waals surface area contributed by atoms with Gasteiger partial charge < -0.3 is 0 Å². The van der Waals surface area contributed by atoms with Crippen molar-refractivity contribution in [2.45, 2.75) is 37.2 Å². The molecule has 5 nitrogen and oxygen atoms in total. The van der Waals surface area contributed by atoms with Crippen LogP contribution in [0.5, 0.6) is 0 Å². The summed E-state index contributed by atoms with van der Waals surface area (Å²) < 4.78 is 1.93. The summed E-state index contributed by atoms with van der Waals surface area (Å²) in [5, 5.41) is 4.26. The lowest BCUT2D eigenvalue weighted by Crippen LogP contribution is -2.30. The number of thioether (sulfide) groups is 1. The number of nitrogens with zero attached hydrogens (tertiary/aromatic N) is 3. The lowest BCUT2D eigenvalue weighted by molar-refractivity contribution is 0.468. The van der Waals surface area contributed by atoms with Crippen LogP contribution in [-0.4, -0.2) is 21.0 Å². The fourth-order valence-electron chi connectivity index (χ4n) is 2.14. The number of nitrogens with one attached hydrogen (secondary N) is 1. The van der Waals surface area contributed by atoms with Crippen LogP contribution in [0.3, 0.4) is 0 Å². The van der Waals surface area contributed by atoms with Crippen LogP contribution in [0.2, 0.25) is 0 Å². The van der Waals surface area contributed by atoms with Crippen molar-refractivity contribution >= 4 is 11.8 Å². The number of hydrogen-bond donors (Lipinski definition) is 2. The van der Waals surface area contributed by atoms with Crippen LogP contribution >= 0.6 is 11.8 Å². The minimum Gasteiger partial charge on any atom is -0.271 e. The van der Waals surface area contributed by atoms with Crippen LogP contribution < -0.4 is 11.3 Å². The van der Waals surface area contributed by atoms with E-state index < -0.39 is 0 Å². The highest BCUT2D eigenvalue weighted by Gasteiger charge is 2.15. The summed E-state index contributed by atoms with van der Waals surface area (Å²) in [6.45, 7) is 4.19. The number of rotatable bonds is 6. The molecule has 6 heteroatoms. The van der Waals surface area contributed by atoms with Gasteiger partial charge in [0.2, 0.25) is 0 Å². The second-order valence-corrected chi connectivity index (χ2v) is 5.79. The predicted molar refractivity (Wildman–Crippen MR) is 82.4 cm³/mol. The number of hydrogen-bond acceptors (Lipinski definition) is 5. The summed E-state index contributed by atoms with van der Waals surface area (Å²) in [6, 6.07) is 8.76. The highest BCUT2D eigenvalue weighted by molar-refractivity contribution is 7.98. The van der Waals surface area contributed by atoms with Crippen molar-refractivity contribution in [2.24, 2.45) is 5.84 Å². The third-order valence-electron chi connectivity index (χ3n) is 3.24. The summed E-state index contributed by atoms with van der Waals surface area (Å²) in [6.07, 6.45) is 4.38. The first-order chi connectivity index (χ1) is 9.65. The smallest absolute Gasteiger partial charge is 0.138 e. The van der Waals surface area contributed by atoms with Gasteiger partial charge in [0.05, 0.1) is 6.04 Å². The molecule has 1 aromatic heterocycles. The first-order valence-electron chi connectivity index (χ1n) is 6.64. The quantitative estimate of drug-likeness (QED) is 0.486. The summed E-state index contributed by atoms with van der Waals surface area (Å²) in [5.74, 6) is 6.65. The van der Waals surface area contributed by atoms with E-state index in [9.17, 15) is 0 Å². The van der Waals surface area contributed by atoms with Crippen molar-refractivity contribution in [3.8, 4) is 0 Å².